The molecule has 26 heavy (non-hydrogen) atoms. The first-order valence-electron chi connectivity index (χ1n) is 8.18. The summed E-state index contributed by atoms with van der Waals surface area (Å²) in [4.78, 5) is 34.6. The maximum absolute atomic E-state index is 12.3. The number of rotatable bonds is 4. The van der Waals surface area contributed by atoms with Crippen molar-refractivity contribution in [2.75, 3.05) is 12.4 Å². The Balaban J connectivity index is 2.24. The molecule has 0 spiro atoms. The first-order valence-corrected chi connectivity index (χ1v) is 8.99. The largest absolute Gasteiger partial charge is 0.465 e. The summed E-state index contributed by atoms with van der Waals surface area (Å²) in [5.74, 6) is 0.146. The summed E-state index contributed by atoms with van der Waals surface area (Å²) in [6, 6.07) is 9.51. The number of carbonyl (C=O) groups excluding carboxylic acids is 2. The zero-order valence-electron chi connectivity index (χ0n) is 15.0. The Morgan fingerprint density at radius 3 is 2.46 bits per heavy atom. The van der Waals surface area contributed by atoms with Crippen LogP contribution < -0.4 is 5.32 Å². The molecule has 0 saturated heterocycles. The molecule has 0 aliphatic heterocycles. The van der Waals surface area contributed by atoms with E-state index in [9.17, 15) is 9.59 Å². The molecule has 0 saturated carbocycles. The fraction of sp³-hybridized carbons (Fsp3) is 0.263. The van der Waals surface area contributed by atoms with Crippen molar-refractivity contribution in [2.45, 2.75) is 20.8 Å². The molecule has 1 N–H and O–H groups in total. The summed E-state index contributed by atoms with van der Waals surface area (Å²) < 4.78 is 4.86. The van der Waals surface area contributed by atoms with Gasteiger partial charge in [0.1, 0.15) is 15.5 Å². The third-order valence-corrected chi connectivity index (χ3v) is 5.12. The number of nitrogens with one attached hydrogen (secondary N) is 1. The quantitative estimate of drug-likeness (QED) is 0.702. The van der Waals surface area contributed by atoms with Crippen LogP contribution >= 0.6 is 11.3 Å². The van der Waals surface area contributed by atoms with Crippen LogP contribution in [0.4, 0.5) is 5.82 Å². The second-order valence-corrected chi connectivity index (χ2v) is 7.13. The molecule has 3 aromatic rings. The van der Waals surface area contributed by atoms with Gasteiger partial charge in [0.2, 0.25) is 5.91 Å². The van der Waals surface area contributed by atoms with E-state index in [2.05, 4.69) is 15.3 Å². The van der Waals surface area contributed by atoms with Gasteiger partial charge in [-0.15, -0.1) is 11.3 Å². The van der Waals surface area contributed by atoms with E-state index in [0.717, 1.165) is 5.56 Å². The Morgan fingerprint density at radius 1 is 1.15 bits per heavy atom. The van der Waals surface area contributed by atoms with E-state index in [1.54, 1.807) is 0 Å². The van der Waals surface area contributed by atoms with Gasteiger partial charge in [0.05, 0.1) is 12.5 Å². The van der Waals surface area contributed by atoms with E-state index >= 15 is 0 Å². The van der Waals surface area contributed by atoms with Crippen molar-refractivity contribution in [3.63, 3.8) is 0 Å². The van der Waals surface area contributed by atoms with Crippen LogP contribution in [0.5, 0.6) is 0 Å². The molecule has 2 heterocycles. The number of carbonyl (C=O) groups is 2. The van der Waals surface area contributed by atoms with Crippen LogP contribution in [0.15, 0.2) is 30.3 Å². The Labute approximate surface area is 155 Å². The van der Waals surface area contributed by atoms with Gasteiger partial charge in [-0.05, 0) is 12.5 Å². The predicted octanol–water partition coefficient (Wildman–Crippen LogP) is 4.05. The fourth-order valence-corrected chi connectivity index (χ4v) is 3.59. The Morgan fingerprint density at radius 2 is 1.85 bits per heavy atom. The number of ether oxygens (including phenoxy) is 1. The number of benzene rings is 1. The van der Waals surface area contributed by atoms with Gasteiger partial charge in [0, 0.05) is 11.5 Å². The molecular weight excluding hydrogens is 350 g/mol. The minimum absolute atomic E-state index is 0.144. The molecule has 134 valence electrons. The monoisotopic (exact) mass is 369 g/mol. The molecule has 6 nitrogen and oxygen atoms in total. The lowest BCUT2D eigenvalue weighted by molar-refractivity contribution is -0.118. The van der Waals surface area contributed by atoms with Crippen LogP contribution in [0.2, 0.25) is 0 Å². The van der Waals surface area contributed by atoms with Gasteiger partial charge in [-0.3, -0.25) is 4.79 Å². The summed E-state index contributed by atoms with van der Waals surface area (Å²) in [5, 5.41) is 3.54. The lowest BCUT2D eigenvalue weighted by atomic mass is 10.1. The van der Waals surface area contributed by atoms with Gasteiger partial charge in [-0.25, -0.2) is 14.8 Å². The Kier molecular flexibility index (Phi) is 4.99. The van der Waals surface area contributed by atoms with E-state index in [0.29, 0.717) is 32.3 Å². The number of fused-ring (bicyclic) bond motifs is 1. The number of nitrogens with zero attached hydrogens (tertiary/aromatic N) is 2. The number of thiophene rings is 1. The number of methoxy groups -OCH3 is 1. The van der Waals surface area contributed by atoms with Gasteiger partial charge in [-0.2, -0.15) is 0 Å². The van der Waals surface area contributed by atoms with E-state index in [4.69, 9.17) is 4.74 Å². The molecule has 0 fully saturated rings. The van der Waals surface area contributed by atoms with Crippen LogP contribution in [0, 0.1) is 12.8 Å². The normalized spacial score (nSPS) is 11.0. The average Bonchev–Trinajstić information content (AvgIpc) is 2.98. The highest BCUT2D eigenvalue weighted by atomic mass is 32.1. The van der Waals surface area contributed by atoms with E-state index < -0.39 is 5.97 Å². The first kappa shape index (κ1) is 18.0. The summed E-state index contributed by atoms with van der Waals surface area (Å²) >= 11 is 1.24. The Hall–Kier alpha value is -2.80. The zero-order chi connectivity index (χ0) is 18.8. The van der Waals surface area contributed by atoms with Crippen molar-refractivity contribution < 1.29 is 14.3 Å². The molecule has 0 aliphatic carbocycles. The highest BCUT2D eigenvalue weighted by Crippen LogP contribution is 2.36. The van der Waals surface area contributed by atoms with Crippen LogP contribution in [-0.2, 0) is 9.53 Å². The molecule has 1 amide bonds. The number of aromatic nitrogens is 2. The molecule has 0 atom stereocenters. The molecule has 1 aromatic carbocycles. The number of amides is 1. The minimum atomic E-state index is -0.423. The average molecular weight is 369 g/mol. The van der Waals surface area contributed by atoms with E-state index in [1.165, 1.54) is 18.4 Å². The number of hydrogen-bond acceptors (Lipinski definition) is 6. The molecule has 0 unspecified atom stereocenters. The third-order valence-electron chi connectivity index (χ3n) is 3.96. The summed E-state index contributed by atoms with van der Waals surface area (Å²) in [7, 11) is 1.34. The first-order chi connectivity index (χ1) is 12.4. The molecule has 7 heteroatoms. The summed E-state index contributed by atoms with van der Waals surface area (Å²) in [6.07, 6.45) is 0. The van der Waals surface area contributed by atoms with Gasteiger partial charge in [0.15, 0.2) is 5.82 Å². The molecular formula is C19H19N3O3S. The van der Waals surface area contributed by atoms with Crippen molar-refractivity contribution in [2.24, 2.45) is 5.92 Å². The van der Waals surface area contributed by atoms with Gasteiger partial charge >= 0.3 is 5.97 Å². The van der Waals surface area contributed by atoms with Crippen LogP contribution in [0.3, 0.4) is 0 Å². The van der Waals surface area contributed by atoms with Gasteiger partial charge in [0.25, 0.3) is 0 Å². The lowest BCUT2D eigenvalue weighted by Gasteiger charge is -2.10. The second kappa shape index (κ2) is 7.21. The number of esters is 1. The van der Waals surface area contributed by atoms with E-state index in [-0.39, 0.29) is 11.8 Å². The SMILES string of the molecule is COC(=O)c1sc2nc(-c3ccccc3)nc(NC(=O)C(C)C)c2c1C. The molecule has 0 bridgehead atoms. The van der Waals surface area contributed by atoms with Gasteiger partial charge < -0.3 is 10.1 Å². The number of aryl methyl sites for hydroxylation is 1. The molecule has 3 rings (SSSR count). The summed E-state index contributed by atoms with van der Waals surface area (Å²) in [5.41, 5.74) is 1.54. The maximum Gasteiger partial charge on any atom is 0.348 e. The Bertz CT molecular complexity index is 981. The smallest absolute Gasteiger partial charge is 0.348 e. The topological polar surface area (TPSA) is 81.2 Å². The maximum atomic E-state index is 12.3. The van der Waals surface area contributed by atoms with E-state index in [1.807, 2.05) is 51.1 Å². The molecule has 0 aliphatic rings. The van der Waals surface area contributed by atoms with Crippen molar-refractivity contribution in [3.05, 3.63) is 40.8 Å². The van der Waals surface area contributed by atoms with Crippen LogP contribution in [0.25, 0.3) is 21.6 Å². The standard InChI is InChI=1S/C19H19N3O3S/c1-10(2)17(23)21-16-13-11(3)14(19(24)25-4)26-18(13)22-15(20-16)12-8-6-5-7-9-12/h5-10H,1-4H3,(H,20,21,22,23). The van der Waals surface area contributed by atoms with Crippen LogP contribution in [-0.4, -0.2) is 29.0 Å². The number of anilines is 1. The zero-order valence-corrected chi connectivity index (χ0v) is 15.8. The van der Waals surface area contributed by atoms with Crippen LogP contribution in [0.1, 0.15) is 29.1 Å². The fourth-order valence-electron chi connectivity index (χ4n) is 2.49. The third kappa shape index (κ3) is 3.30. The number of hydrogen-bond donors (Lipinski definition) is 1. The summed E-state index contributed by atoms with van der Waals surface area (Å²) in [6.45, 7) is 5.43. The molecule has 0 radical (unpaired) electrons. The van der Waals surface area contributed by atoms with Gasteiger partial charge in [-0.1, -0.05) is 44.2 Å². The van der Waals surface area contributed by atoms with Crippen molar-refractivity contribution in [1.29, 1.82) is 0 Å². The minimum Gasteiger partial charge on any atom is -0.465 e. The second-order valence-electron chi connectivity index (χ2n) is 6.13. The predicted molar refractivity (Wildman–Crippen MR) is 102 cm³/mol. The van der Waals surface area contributed by atoms with Crippen molar-refractivity contribution in [1.82, 2.24) is 9.97 Å². The highest BCUT2D eigenvalue weighted by Gasteiger charge is 2.22. The van der Waals surface area contributed by atoms with Crippen molar-refractivity contribution >= 4 is 39.2 Å². The highest BCUT2D eigenvalue weighted by molar-refractivity contribution is 7.20. The molecule has 2 aromatic heterocycles. The lowest BCUT2D eigenvalue weighted by Crippen LogP contribution is -2.19. The van der Waals surface area contributed by atoms with Crippen molar-refractivity contribution in [3.8, 4) is 11.4 Å².